The third-order valence-corrected chi connectivity index (χ3v) is 5.15. The number of nitrogens with one attached hydrogen (secondary N) is 1. The summed E-state index contributed by atoms with van der Waals surface area (Å²) in [5.41, 5.74) is 0.627. The van der Waals surface area contributed by atoms with Crippen LogP contribution in [0.25, 0.3) is 11.0 Å². The largest absolute Gasteiger partial charge is 0.486 e. The highest BCUT2D eigenvalue weighted by molar-refractivity contribution is 5.92. The average Bonchev–Trinajstić information content (AvgIpc) is 2.86. The molecular formula is C26H21NO7. The van der Waals surface area contributed by atoms with Crippen LogP contribution in [0.2, 0.25) is 0 Å². The zero-order valence-electron chi connectivity index (χ0n) is 18.3. The lowest BCUT2D eigenvalue weighted by Gasteiger charge is -2.19. The molecule has 0 saturated carbocycles. The van der Waals surface area contributed by atoms with Gasteiger partial charge in [0.05, 0.1) is 5.39 Å². The van der Waals surface area contributed by atoms with Crippen molar-refractivity contribution in [2.24, 2.45) is 0 Å². The second-order valence-corrected chi connectivity index (χ2v) is 7.58. The zero-order chi connectivity index (χ0) is 23.5. The average molecular weight is 459 g/mol. The standard InChI is InChI=1S/C26H21NO7/c1-16-26(34-18-5-3-2-4-6-18)25(29)20-9-8-19(14-22(20)33-16)32-15-24(28)27-17-7-10-21-23(13-17)31-12-11-30-21/h2-10,13-14H,11-12,15H2,1H3,(H,27,28). The quantitative estimate of drug-likeness (QED) is 0.447. The molecule has 0 radical (unpaired) electrons. The summed E-state index contributed by atoms with van der Waals surface area (Å²) in [6.07, 6.45) is 0. The first-order valence-corrected chi connectivity index (χ1v) is 10.7. The molecule has 1 amide bonds. The van der Waals surface area contributed by atoms with Gasteiger partial charge in [-0.05, 0) is 43.3 Å². The van der Waals surface area contributed by atoms with Gasteiger partial charge in [-0.1, -0.05) is 18.2 Å². The third-order valence-electron chi connectivity index (χ3n) is 5.15. The van der Waals surface area contributed by atoms with Crippen LogP contribution >= 0.6 is 0 Å². The van der Waals surface area contributed by atoms with Gasteiger partial charge in [0.2, 0.25) is 11.2 Å². The van der Waals surface area contributed by atoms with E-state index in [1.807, 2.05) is 18.2 Å². The molecule has 0 atom stereocenters. The van der Waals surface area contributed by atoms with E-state index in [1.54, 1.807) is 55.5 Å². The highest BCUT2D eigenvalue weighted by atomic mass is 16.6. The van der Waals surface area contributed by atoms with Gasteiger partial charge in [0.25, 0.3) is 5.91 Å². The van der Waals surface area contributed by atoms with E-state index in [0.717, 1.165) is 0 Å². The molecule has 0 spiro atoms. The van der Waals surface area contributed by atoms with Crippen molar-refractivity contribution in [3.05, 3.63) is 82.7 Å². The Morgan fingerprint density at radius 2 is 1.74 bits per heavy atom. The molecule has 0 unspecified atom stereocenters. The van der Waals surface area contributed by atoms with Crippen molar-refractivity contribution < 1.29 is 28.2 Å². The fourth-order valence-electron chi connectivity index (χ4n) is 3.55. The van der Waals surface area contributed by atoms with E-state index in [4.69, 9.17) is 23.4 Å². The van der Waals surface area contributed by atoms with Crippen molar-refractivity contribution >= 4 is 22.6 Å². The number of hydrogen-bond donors (Lipinski definition) is 1. The minimum atomic E-state index is -0.346. The van der Waals surface area contributed by atoms with Gasteiger partial charge in [-0.3, -0.25) is 9.59 Å². The maximum Gasteiger partial charge on any atom is 0.262 e. The highest BCUT2D eigenvalue weighted by Gasteiger charge is 2.16. The minimum absolute atomic E-state index is 0.131. The number of fused-ring (bicyclic) bond motifs is 2. The predicted octanol–water partition coefficient (Wildman–Crippen LogP) is 4.68. The number of amides is 1. The number of hydrogen-bond acceptors (Lipinski definition) is 7. The number of rotatable bonds is 6. The Kier molecular flexibility index (Phi) is 5.78. The van der Waals surface area contributed by atoms with Gasteiger partial charge in [-0.25, -0.2) is 0 Å². The SMILES string of the molecule is Cc1oc2cc(OCC(=O)Nc3ccc4c(c3)OCCO4)ccc2c(=O)c1Oc1ccccc1. The van der Waals surface area contributed by atoms with Gasteiger partial charge in [0, 0.05) is 17.8 Å². The Bertz CT molecular complexity index is 1410. The van der Waals surface area contributed by atoms with Crippen LogP contribution in [-0.4, -0.2) is 25.7 Å². The number of aryl methyl sites for hydroxylation is 1. The molecule has 3 aromatic carbocycles. The molecule has 1 N–H and O–H groups in total. The molecule has 5 rings (SSSR count). The van der Waals surface area contributed by atoms with Crippen LogP contribution in [-0.2, 0) is 4.79 Å². The molecule has 0 bridgehead atoms. The van der Waals surface area contributed by atoms with Crippen LogP contribution in [0.4, 0.5) is 5.69 Å². The van der Waals surface area contributed by atoms with Gasteiger partial charge >= 0.3 is 0 Å². The summed E-state index contributed by atoms with van der Waals surface area (Å²) in [4.78, 5) is 25.3. The maximum absolute atomic E-state index is 12.9. The summed E-state index contributed by atoms with van der Waals surface area (Å²) < 4.78 is 28.2. The fraction of sp³-hybridized carbons (Fsp3) is 0.154. The third kappa shape index (κ3) is 4.52. The summed E-state index contributed by atoms with van der Waals surface area (Å²) in [6, 6.07) is 19.0. The lowest BCUT2D eigenvalue weighted by molar-refractivity contribution is -0.118. The smallest absolute Gasteiger partial charge is 0.262 e. The Morgan fingerprint density at radius 1 is 0.941 bits per heavy atom. The summed E-state index contributed by atoms with van der Waals surface area (Å²) in [5, 5.41) is 3.11. The molecule has 1 aliphatic rings. The van der Waals surface area contributed by atoms with Crippen molar-refractivity contribution in [3.8, 4) is 28.7 Å². The first-order chi connectivity index (χ1) is 16.6. The first-order valence-electron chi connectivity index (χ1n) is 10.7. The lowest BCUT2D eigenvalue weighted by atomic mass is 10.2. The second kappa shape index (κ2) is 9.19. The van der Waals surface area contributed by atoms with Gasteiger partial charge < -0.3 is 28.7 Å². The summed E-state index contributed by atoms with van der Waals surface area (Å²) >= 11 is 0. The number of anilines is 1. The molecule has 1 aromatic heterocycles. The molecular weight excluding hydrogens is 438 g/mol. The molecule has 172 valence electrons. The second-order valence-electron chi connectivity index (χ2n) is 7.58. The van der Waals surface area contributed by atoms with Crippen LogP contribution in [0.3, 0.4) is 0 Å². The van der Waals surface area contributed by atoms with E-state index >= 15 is 0 Å². The highest BCUT2D eigenvalue weighted by Crippen LogP contribution is 2.32. The van der Waals surface area contributed by atoms with E-state index in [1.165, 1.54) is 0 Å². The minimum Gasteiger partial charge on any atom is -0.486 e. The van der Waals surface area contributed by atoms with E-state index in [9.17, 15) is 9.59 Å². The molecule has 1 aliphatic heterocycles. The molecule has 8 nitrogen and oxygen atoms in total. The van der Waals surface area contributed by atoms with Crippen LogP contribution in [0.1, 0.15) is 5.76 Å². The van der Waals surface area contributed by atoms with Crippen molar-refractivity contribution in [2.45, 2.75) is 6.92 Å². The topological polar surface area (TPSA) is 96.2 Å². The number of benzene rings is 3. The normalized spacial score (nSPS) is 12.3. The first kappa shape index (κ1) is 21.4. The van der Waals surface area contributed by atoms with Gasteiger partial charge in [0.1, 0.15) is 36.1 Å². The Morgan fingerprint density at radius 3 is 2.56 bits per heavy atom. The fourth-order valence-corrected chi connectivity index (χ4v) is 3.55. The molecule has 34 heavy (non-hydrogen) atoms. The molecule has 0 fully saturated rings. The van der Waals surface area contributed by atoms with Crippen LogP contribution in [0.15, 0.2) is 75.9 Å². The van der Waals surface area contributed by atoms with Crippen molar-refractivity contribution in [2.75, 3.05) is 25.1 Å². The van der Waals surface area contributed by atoms with Crippen molar-refractivity contribution in [1.29, 1.82) is 0 Å². The predicted molar refractivity (Wildman–Crippen MR) is 125 cm³/mol. The van der Waals surface area contributed by atoms with Gasteiger partial charge in [0.15, 0.2) is 18.1 Å². The van der Waals surface area contributed by atoms with E-state index in [-0.39, 0.29) is 23.7 Å². The molecule has 4 aromatic rings. The monoisotopic (exact) mass is 459 g/mol. The molecule has 8 heteroatoms. The summed E-state index contributed by atoms with van der Waals surface area (Å²) in [6.45, 7) is 2.40. The van der Waals surface area contributed by atoms with E-state index in [0.29, 0.717) is 58.6 Å². The van der Waals surface area contributed by atoms with Crippen molar-refractivity contribution in [3.63, 3.8) is 0 Å². The van der Waals surface area contributed by atoms with Crippen LogP contribution < -0.4 is 29.7 Å². The number of carbonyl (C=O) groups is 1. The Balaban J connectivity index is 1.27. The van der Waals surface area contributed by atoms with Gasteiger partial charge in [-0.15, -0.1) is 0 Å². The van der Waals surface area contributed by atoms with Gasteiger partial charge in [-0.2, -0.15) is 0 Å². The summed E-state index contributed by atoms with van der Waals surface area (Å²) in [5.74, 6) is 2.29. The van der Waals surface area contributed by atoms with E-state index in [2.05, 4.69) is 5.32 Å². The maximum atomic E-state index is 12.9. The number of ether oxygens (including phenoxy) is 4. The Labute approximate surface area is 194 Å². The molecule has 0 aliphatic carbocycles. The van der Waals surface area contributed by atoms with Crippen LogP contribution in [0.5, 0.6) is 28.7 Å². The Hall–Kier alpha value is -4.46. The lowest BCUT2D eigenvalue weighted by Crippen LogP contribution is -2.21. The number of carbonyl (C=O) groups excluding carboxylic acids is 1. The van der Waals surface area contributed by atoms with Crippen LogP contribution in [0, 0.1) is 6.92 Å². The van der Waals surface area contributed by atoms with E-state index < -0.39 is 0 Å². The zero-order valence-corrected chi connectivity index (χ0v) is 18.3. The molecule has 0 saturated heterocycles. The van der Waals surface area contributed by atoms with Crippen molar-refractivity contribution in [1.82, 2.24) is 0 Å². The summed E-state index contributed by atoms with van der Waals surface area (Å²) in [7, 11) is 0. The number of para-hydroxylation sites is 1. The molecule has 2 heterocycles.